The van der Waals surface area contributed by atoms with Crippen LogP contribution in [0.5, 0.6) is 0 Å². The van der Waals surface area contributed by atoms with Crippen molar-refractivity contribution in [2.45, 2.75) is 51.5 Å². The molecular weight excluding hydrogens is 284 g/mol. The van der Waals surface area contributed by atoms with Gasteiger partial charge in [-0.3, -0.25) is 9.78 Å². The third-order valence-electron chi connectivity index (χ3n) is 4.61. The van der Waals surface area contributed by atoms with Crippen molar-refractivity contribution in [3.63, 3.8) is 0 Å². The monoisotopic (exact) mass is 308 g/mol. The number of nitrogens with zero attached hydrogens (tertiary/aromatic N) is 2. The number of fused-ring (bicyclic) bond motifs is 1. The van der Waals surface area contributed by atoms with Crippen molar-refractivity contribution < 1.29 is 4.79 Å². The lowest BCUT2D eigenvalue weighted by atomic mass is 9.92. The Morgan fingerprint density at radius 2 is 2.00 bits per heavy atom. The zero-order chi connectivity index (χ0) is 16.1. The number of rotatable bonds is 5. The summed E-state index contributed by atoms with van der Waals surface area (Å²) in [6.45, 7) is 2.22. The lowest BCUT2D eigenvalue weighted by molar-refractivity contribution is 0.0966. The normalized spacial score (nSPS) is 16.9. The van der Waals surface area contributed by atoms with Crippen LogP contribution in [0.25, 0.3) is 0 Å². The van der Waals surface area contributed by atoms with Gasteiger partial charge in [-0.05, 0) is 43.0 Å². The van der Waals surface area contributed by atoms with E-state index in [0.717, 1.165) is 24.9 Å². The smallest absolute Gasteiger partial charge is 0.277 e. The highest BCUT2D eigenvalue weighted by atomic mass is 16.2. The van der Waals surface area contributed by atoms with E-state index in [-0.39, 0.29) is 11.9 Å². The maximum atomic E-state index is 13.1. The van der Waals surface area contributed by atoms with E-state index in [2.05, 4.69) is 30.1 Å². The van der Waals surface area contributed by atoms with Gasteiger partial charge in [0.25, 0.3) is 5.91 Å². The molecule has 2 aromatic rings. The Morgan fingerprint density at radius 1 is 1.17 bits per heavy atom. The Kier molecular flexibility index (Phi) is 5.06. The van der Waals surface area contributed by atoms with Gasteiger partial charge < -0.3 is 4.90 Å². The van der Waals surface area contributed by atoms with Gasteiger partial charge in [0.1, 0.15) is 5.69 Å². The lowest BCUT2D eigenvalue weighted by Gasteiger charge is -2.37. The van der Waals surface area contributed by atoms with Crippen LogP contribution in [-0.4, -0.2) is 16.9 Å². The molecule has 2 heterocycles. The largest absolute Gasteiger partial charge is 0.304 e. The standard InChI is InChI=1S/C20H24N2O/c1-2-3-4-10-17-14-13-16-9-5-6-12-19(16)22(17)20(23)18-11-7-8-15-21-18/h5-9,11-12,15,17H,2-4,10,13-14H2,1H3/t17-/m0/s1. The van der Waals surface area contributed by atoms with Gasteiger partial charge in [-0.25, -0.2) is 0 Å². The number of hydrogen-bond acceptors (Lipinski definition) is 2. The van der Waals surface area contributed by atoms with E-state index in [4.69, 9.17) is 0 Å². The molecule has 0 fully saturated rings. The van der Waals surface area contributed by atoms with E-state index >= 15 is 0 Å². The van der Waals surface area contributed by atoms with Crippen molar-refractivity contribution in [1.82, 2.24) is 4.98 Å². The maximum Gasteiger partial charge on any atom is 0.277 e. The molecule has 1 amide bonds. The summed E-state index contributed by atoms with van der Waals surface area (Å²) in [5.74, 6) is 0.0271. The minimum absolute atomic E-state index is 0.0271. The molecule has 0 saturated heterocycles. The van der Waals surface area contributed by atoms with Gasteiger partial charge in [0.05, 0.1) is 0 Å². The van der Waals surface area contributed by atoms with Crippen LogP contribution in [0.1, 0.15) is 55.1 Å². The molecule has 23 heavy (non-hydrogen) atoms. The molecular formula is C20H24N2O. The van der Waals surface area contributed by atoms with Gasteiger partial charge in [-0.2, -0.15) is 0 Å². The Balaban J connectivity index is 1.91. The zero-order valence-corrected chi connectivity index (χ0v) is 13.7. The first-order valence-corrected chi connectivity index (χ1v) is 8.63. The highest BCUT2D eigenvalue weighted by molar-refractivity contribution is 6.05. The quantitative estimate of drug-likeness (QED) is 0.755. The van der Waals surface area contributed by atoms with Crippen molar-refractivity contribution in [2.24, 2.45) is 0 Å². The van der Waals surface area contributed by atoms with Gasteiger partial charge >= 0.3 is 0 Å². The number of aromatic nitrogens is 1. The summed E-state index contributed by atoms with van der Waals surface area (Å²) in [6.07, 6.45) is 8.46. The fourth-order valence-corrected chi connectivity index (χ4v) is 3.40. The van der Waals surface area contributed by atoms with Gasteiger partial charge in [0.2, 0.25) is 0 Å². The lowest BCUT2D eigenvalue weighted by Crippen LogP contribution is -2.44. The van der Waals surface area contributed by atoms with E-state index in [0.29, 0.717) is 5.69 Å². The van der Waals surface area contributed by atoms with Crippen LogP contribution in [0.3, 0.4) is 0 Å². The van der Waals surface area contributed by atoms with Crippen molar-refractivity contribution in [1.29, 1.82) is 0 Å². The fraction of sp³-hybridized carbons (Fsp3) is 0.400. The SMILES string of the molecule is CCCCC[C@H]1CCc2ccccc2N1C(=O)c1ccccn1. The summed E-state index contributed by atoms with van der Waals surface area (Å²) in [6, 6.07) is 14.1. The molecule has 1 aromatic heterocycles. The molecule has 3 nitrogen and oxygen atoms in total. The second-order valence-electron chi connectivity index (χ2n) is 6.21. The van der Waals surface area contributed by atoms with E-state index in [1.54, 1.807) is 6.20 Å². The van der Waals surface area contributed by atoms with E-state index in [1.807, 2.05) is 29.2 Å². The van der Waals surface area contributed by atoms with E-state index < -0.39 is 0 Å². The molecule has 3 heteroatoms. The Morgan fingerprint density at radius 3 is 2.78 bits per heavy atom. The fourth-order valence-electron chi connectivity index (χ4n) is 3.40. The molecule has 1 atom stereocenters. The Hall–Kier alpha value is -2.16. The van der Waals surface area contributed by atoms with Crippen LogP contribution < -0.4 is 4.90 Å². The molecule has 0 aliphatic carbocycles. The molecule has 1 aromatic carbocycles. The average molecular weight is 308 g/mol. The predicted molar refractivity (Wildman–Crippen MR) is 93.7 cm³/mol. The molecule has 0 N–H and O–H groups in total. The van der Waals surface area contributed by atoms with E-state index in [9.17, 15) is 4.79 Å². The number of hydrogen-bond donors (Lipinski definition) is 0. The molecule has 0 unspecified atom stereocenters. The first-order chi connectivity index (χ1) is 11.3. The summed E-state index contributed by atoms with van der Waals surface area (Å²) in [4.78, 5) is 19.3. The predicted octanol–water partition coefficient (Wildman–Crippen LogP) is 4.62. The number of carbonyl (C=O) groups excluding carboxylic acids is 1. The van der Waals surface area contributed by atoms with Crippen LogP contribution in [0.4, 0.5) is 5.69 Å². The maximum absolute atomic E-state index is 13.1. The number of para-hydroxylation sites is 1. The number of anilines is 1. The molecule has 120 valence electrons. The Labute approximate surface area is 138 Å². The van der Waals surface area contributed by atoms with Crippen LogP contribution in [0.2, 0.25) is 0 Å². The first kappa shape index (κ1) is 15.7. The summed E-state index contributed by atoms with van der Waals surface area (Å²) >= 11 is 0. The van der Waals surface area contributed by atoms with Gasteiger partial charge in [-0.15, -0.1) is 0 Å². The molecule has 1 aliphatic rings. The summed E-state index contributed by atoms with van der Waals surface area (Å²) in [7, 11) is 0. The number of pyridine rings is 1. The second kappa shape index (κ2) is 7.40. The Bertz CT molecular complexity index is 654. The van der Waals surface area contributed by atoms with Crippen molar-refractivity contribution in [2.75, 3.05) is 4.90 Å². The number of carbonyl (C=O) groups is 1. The molecule has 0 spiro atoms. The number of aryl methyl sites for hydroxylation is 1. The van der Waals surface area contributed by atoms with Crippen LogP contribution in [0.15, 0.2) is 48.7 Å². The third-order valence-corrected chi connectivity index (χ3v) is 4.61. The van der Waals surface area contributed by atoms with Crippen LogP contribution in [-0.2, 0) is 6.42 Å². The summed E-state index contributed by atoms with van der Waals surface area (Å²) < 4.78 is 0. The van der Waals surface area contributed by atoms with Gasteiger partial charge in [0, 0.05) is 17.9 Å². The van der Waals surface area contributed by atoms with Crippen molar-refractivity contribution in [3.05, 3.63) is 59.9 Å². The molecule has 3 rings (SSSR count). The zero-order valence-electron chi connectivity index (χ0n) is 13.7. The summed E-state index contributed by atoms with van der Waals surface area (Å²) in [5, 5.41) is 0. The van der Waals surface area contributed by atoms with Crippen LogP contribution >= 0.6 is 0 Å². The van der Waals surface area contributed by atoms with Gasteiger partial charge in [0.15, 0.2) is 0 Å². The summed E-state index contributed by atoms with van der Waals surface area (Å²) in [5.41, 5.74) is 2.86. The molecule has 1 aliphatic heterocycles. The first-order valence-electron chi connectivity index (χ1n) is 8.63. The number of unbranched alkanes of at least 4 members (excludes halogenated alkanes) is 2. The van der Waals surface area contributed by atoms with Gasteiger partial charge in [-0.1, -0.05) is 50.5 Å². The number of benzene rings is 1. The van der Waals surface area contributed by atoms with Crippen molar-refractivity contribution in [3.8, 4) is 0 Å². The average Bonchev–Trinajstić information content (AvgIpc) is 2.62. The highest BCUT2D eigenvalue weighted by Crippen LogP contribution is 2.33. The third kappa shape index (κ3) is 3.44. The molecule has 0 radical (unpaired) electrons. The topological polar surface area (TPSA) is 33.2 Å². The molecule has 0 bridgehead atoms. The van der Waals surface area contributed by atoms with E-state index in [1.165, 1.54) is 24.8 Å². The second-order valence-corrected chi connectivity index (χ2v) is 6.21. The van der Waals surface area contributed by atoms with Crippen LogP contribution in [0, 0.1) is 0 Å². The highest BCUT2D eigenvalue weighted by Gasteiger charge is 2.31. The van der Waals surface area contributed by atoms with Crippen molar-refractivity contribution >= 4 is 11.6 Å². The minimum Gasteiger partial charge on any atom is -0.304 e. The number of amides is 1. The minimum atomic E-state index is 0.0271. The molecule has 0 saturated carbocycles.